The highest BCUT2D eigenvalue weighted by Crippen LogP contribution is 2.23. The van der Waals surface area contributed by atoms with Crippen LogP contribution in [0.15, 0.2) is 43.0 Å². The zero-order chi connectivity index (χ0) is 23.2. The van der Waals surface area contributed by atoms with Gasteiger partial charge in [0.05, 0.1) is 6.33 Å². The van der Waals surface area contributed by atoms with Crippen LogP contribution in [-0.4, -0.2) is 88.3 Å². The zero-order valence-electron chi connectivity index (χ0n) is 19.2. The van der Waals surface area contributed by atoms with Gasteiger partial charge in [-0.1, -0.05) is 6.07 Å². The van der Waals surface area contributed by atoms with Gasteiger partial charge in [0.25, 0.3) is 5.91 Å². The van der Waals surface area contributed by atoms with Crippen molar-refractivity contribution in [3.8, 4) is 0 Å². The molecule has 0 radical (unpaired) electrons. The first-order valence-electron chi connectivity index (χ1n) is 11.6. The summed E-state index contributed by atoms with van der Waals surface area (Å²) in [4.78, 5) is 48.1. The summed E-state index contributed by atoms with van der Waals surface area (Å²) in [5.74, 6) is 0.0562. The number of nitrogens with zero attached hydrogens (tertiary/aromatic N) is 5. The number of aryl methyl sites for hydroxylation is 1. The maximum atomic E-state index is 13.0. The number of piperidine rings is 1. The van der Waals surface area contributed by atoms with Crippen LogP contribution >= 0.6 is 0 Å². The van der Waals surface area contributed by atoms with Crippen LogP contribution in [0.25, 0.3) is 0 Å². The van der Waals surface area contributed by atoms with E-state index in [4.69, 9.17) is 0 Å². The highest BCUT2D eigenvalue weighted by molar-refractivity contribution is 5.97. The Hall–Kier alpha value is -3.20. The Balaban J connectivity index is 1.27. The van der Waals surface area contributed by atoms with Crippen molar-refractivity contribution in [2.24, 2.45) is 5.92 Å². The topological polar surface area (TPSA) is 90.8 Å². The van der Waals surface area contributed by atoms with Crippen LogP contribution in [0, 0.1) is 5.92 Å². The quantitative estimate of drug-likeness (QED) is 0.718. The summed E-state index contributed by atoms with van der Waals surface area (Å²) < 4.78 is 1.84. The molecule has 9 nitrogen and oxygen atoms in total. The number of amides is 3. The number of imidazole rings is 1. The molecule has 0 bridgehead atoms. The molecule has 2 aliphatic rings. The molecule has 3 heterocycles. The minimum absolute atomic E-state index is 0.00132. The molecular weight excluding hydrogens is 420 g/mol. The lowest BCUT2D eigenvalue weighted by Gasteiger charge is -2.37. The van der Waals surface area contributed by atoms with E-state index >= 15 is 0 Å². The Morgan fingerprint density at radius 3 is 2.48 bits per heavy atom. The van der Waals surface area contributed by atoms with Gasteiger partial charge in [0.1, 0.15) is 0 Å². The Bertz CT molecular complexity index is 960. The first-order chi connectivity index (χ1) is 16.0. The average molecular weight is 453 g/mol. The summed E-state index contributed by atoms with van der Waals surface area (Å²) in [6.07, 6.45) is 6.88. The Morgan fingerprint density at radius 1 is 1.03 bits per heavy atom. The van der Waals surface area contributed by atoms with E-state index in [1.54, 1.807) is 36.8 Å². The Kier molecular flexibility index (Phi) is 7.39. The first-order valence-corrected chi connectivity index (χ1v) is 11.6. The van der Waals surface area contributed by atoms with Crippen molar-refractivity contribution in [2.75, 3.05) is 51.6 Å². The standard InChI is InChI=1S/C24H32N6O3/c1-27-13-15-30(16-14-27)23(32)19-5-10-29(11-6-19)24(33)20-3-2-4-21(17-20)26-22(31)7-9-28-12-8-25-18-28/h2-4,8,12,17-19H,5-7,9-11,13-16H2,1H3,(H,26,31). The summed E-state index contributed by atoms with van der Waals surface area (Å²) >= 11 is 0. The van der Waals surface area contributed by atoms with E-state index in [2.05, 4.69) is 22.2 Å². The molecular formula is C24H32N6O3. The Morgan fingerprint density at radius 2 is 1.79 bits per heavy atom. The van der Waals surface area contributed by atoms with Crippen LogP contribution in [0.5, 0.6) is 0 Å². The fourth-order valence-corrected chi connectivity index (χ4v) is 4.40. The number of hydrogen-bond acceptors (Lipinski definition) is 5. The van der Waals surface area contributed by atoms with E-state index in [-0.39, 0.29) is 23.6 Å². The molecule has 2 saturated heterocycles. The molecule has 33 heavy (non-hydrogen) atoms. The van der Waals surface area contributed by atoms with Crippen LogP contribution in [-0.2, 0) is 16.1 Å². The molecule has 176 valence electrons. The molecule has 1 aromatic heterocycles. The molecule has 2 aromatic rings. The minimum atomic E-state index is -0.114. The van der Waals surface area contributed by atoms with Crippen LogP contribution < -0.4 is 5.32 Å². The fraction of sp³-hybridized carbons (Fsp3) is 0.500. The van der Waals surface area contributed by atoms with E-state index in [0.717, 1.165) is 26.2 Å². The number of hydrogen-bond donors (Lipinski definition) is 1. The van der Waals surface area contributed by atoms with Gasteiger partial charge >= 0.3 is 0 Å². The van der Waals surface area contributed by atoms with Crippen LogP contribution in [0.3, 0.4) is 0 Å². The molecule has 9 heteroatoms. The van der Waals surface area contributed by atoms with E-state index in [1.165, 1.54) is 0 Å². The van der Waals surface area contributed by atoms with E-state index < -0.39 is 0 Å². The van der Waals surface area contributed by atoms with Crippen molar-refractivity contribution >= 4 is 23.4 Å². The second kappa shape index (κ2) is 10.6. The summed E-state index contributed by atoms with van der Waals surface area (Å²) in [5.41, 5.74) is 1.16. The van der Waals surface area contributed by atoms with E-state index in [0.29, 0.717) is 50.1 Å². The second-order valence-electron chi connectivity index (χ2n) is 8.87. The normalized spacial score (nSPS) is 17.7. The molecule has 2 aliphatic heterocycles. The number of nitrogens with one attached hydrogen (secondary N) is 1. The first kappa shape index (κ1) is 23.0. The molecule has 1 aromatic carbocycles. The van der Waals surface area contributed by atoms with Gasteiger partial charge in [-0.15, -0.1) is 0 Å². The number of aromatic nitrogens is 2. The smallest absolute Gasteiger partial charge is 0.253 e. The van der Waals surface area contributed by atoms with Crippen molar-refractivity contribution in [1.29, 1.82) is 0 Å². The SMILES string of the molecule is CN1CCN(C(=O)C2CCN(C(=O)c3cccc(NC(=O)CCn4ccnc4)c3)CC2)CC1. The molecule has 3 amide bonds. The molecule has 4 rings (SSSR count). The molecule has 0 saturated carbocycles. The lowest BCUT2D eigenvalue weighted by Crippen LogP contribution is -2.51. The highest BCUT2D eigenvalue weighted by atomic mass is 16.2. The third-order valence-corrected chi connectivity index (χ3v) is 6.50. The molecule has 0 unspecified atom stereocenters. The van der Waals surface area contributed by atoms with Gasteiger partial charge in [-0.05, 0) is 38.1 Å². The van der Waals surface area contributed by atoms with Gasteiger partial charge in [-0.2, -0.15) is 0 Å². The number of likely N-dealkylation sites (N-methyl/N-ethyl adjacent to an activating group) is 1. The molecule has 0 aliphatic carbocycles. The lowest BCUT2D eigenvalue weighted by atomic mass is 9.94. The molecule has 0 atom stereocenters. The third-order valence-electron chi connectivity index (χ3n) is 6.50. The third kappa shape index (κ3) is 5.98. The number of carbonyl (C=O) groups excluding carboxylic acids is 3. The van der Waals surface area contributed by atoms with E-state index in [9.17, 15) is 14.4 Å². The number of piperazine rings is 1. The van der Waals surface area contributed by atoms with Crippen molar-refractivity contribution < 1.29 is 14.4 Å². The van der Waals surface area contributed by atoms with Crippen molar-refractivity contribution in [3.05, 3.63) is 48.5 Å². The number of benzene rings is 1. The predicted molar refractivity (Wildman–Crippen MR) is 125 cm³/mol. The molecule has 1 N–H and O–H groups in total. The second-order valence-corrected chi connectivity index (χ2v) is 8.87. The predicted octanol–water partition coefficient (Wildman–Crippen LogP) is 1.54. The average Bonchev–Trinajstić information content (AvgIpc) is 3.36. The zero-order valence-corrected chi connectivity index (χ0v) is 19.2. The van der Waals surface area contributed by atoms with Crippen LogP contribution in [0.1, 0.15) is 29.6 Å². The van der Waals surface area contributed by atoms with Gasteiger partial charge < -0.3 is 24.6 Å². The summed E-state index contributed by atoms with van der Waals surface area (Å²) in [6, 6.07) is 7.05. The highest BCUT2D eigenvalue weighted by Gasteiger charge is 2.31. The van der Waals surface area contributed by atoms with Crippen molar-refractivity contribution in [2.45, 2.75) is 25.8 Å². The monoisotopic (exact) mass is 452 g/mol. The largest absolute Gasteiger partial charge is 0.340 e. The van der Waals surface area contributed by atoms with Gasteiger partial charge in [-0.25, -0.2) is 4.98 Å². The summed E-state index contributed by atoms with van der Waals surface area (Å²) in [6.45, 7) is 5.10. The van der Waals surface area contributed by atoms with Gasteiger partial charge in [0.15, 0.2) is 0 Å². The molecule has 0 spiro atoms. The van der Waals surface area contributed by atoms with Crippen LogP contribution in [0.2, 0.25) is 0 Å². The van der Waals surface area contributed by atoms with Crippen molar-refractivity contribution in [1.82, 2.24) is 24.3 Å². The minimum Gasteiger partial charge on any atom is -0.340 e. The molecule has 2 fully saturated rings. The van der Waals surface area contributed by atoms with Gasteiger partial charge in [0, 0.05) is 81.8 Å². The number of likely N-dealkylation sites (tertiary alicyclic amines) is 1. The Labute approximate surface area is 194 Å². The number of carbonyl (C=O) groups is 3. The van der Waals surface area contributed by atoms with Crippen molar-refractivity contribution in [3.63, 3.8) is 0 Å². The summed E-state index contributed by atoms with van der Waals surface area (Å²) in [5, 5.41) is 2.87. The number of rotatable bonds is 6. The van der Waals surface area contributed by atoms with Gasteiger partial charge in [-0.3, -0.25) is 14.4 Å². The number of anilines is 1. The van der Waals surface area contributed by atoms with Gasteiger partial charge in [0.2, 0.25) is 11.8 Å². The maximum absolute atomic E-state index is 13.0. The van der Waals surface area contributed by atoms with Crippen LogP contribution in [0.4, 0.5) is 5.69 Å². The lowest BCUT2D eigenvalue weighted by molar-refractivity contribution is -0.138. The summed E-state index contributed by atoms with van der Waals surface area (Å²) in [7, 11) is 2.08. The maximum Gasteiger partial charge on any atom is 0.253 e. The fourth-order valence-electron chi connectivity index (χ4n) is 4.40. The van der Waals surface area contributed by atoms with E-state index in [1.807, 2.05) is 20.6 Å².